The van der Waals surface area contributed by atoms with Crippen molar-refractivity contribution in [2.24, 2.45) is 0 Å². The van der Waals surface area contributed by atoms with Crippen LogP contribution in [0, 0.1) is 0 Å². The van der Waals surface area contributed by atoms with Crippen molar-refractivity contribution < 1.29 is 23.1 Å². The van der Waals surface area contributed by atoms with Crippen molar-refractivity contribution in [3.05, 3.63) is 70.0 Å². The summed E-state index contributed by atoms with van der Waals surface area (Å²) >= 11 is 0. The number of aliphatic hydroxyl groups excluding tert-OH is 1. The molecule has 1 heterocycles. The van der Waals surface area contributed by atoms with Gasteiger partial charge in [-0.1, -0.05) is 24.3 Å². The number of hydrogen-bond acceptors (Lipinski definition) is 6. The number of hydrogen-bond donors (Lipinski definition) is 2. The van der Waals surface area contributed by atoms with Gasteiger partial charge in [0.2, 0.25) is 5.43 Å². The van der Waals surface area contributed by atoms with E-state index in [4.69, 9.17) is 4.74 Å². The lowest BCUT2D eigenvalue weighted by Crippen LogP contribution is -2.37. The minimum absolute atomic E-state index is 0.00321. The highest BCUT2D eigenvalue weighted by atomic mass is 32.2. The quantitative estimate of drug-likeness (QED) is 0.825. The third-order valence-corrected chi connectivity index (χ3v) is 5.91. The highest BCUT2D eigenvalue weighted by Crippen LogP contribution is 2.34. The fourth-order valence-electron chi connectivity index (χ4n) is 2.70. The first-order valence-corrected chi connectivity index (χ1v) is 9.23. The molecule has 9 heteroatoms. The van der Waals surface area contributed by atoms with E-state index in [0.717, 1.165) is 7.05 Å². The number of nitrogens with one attached hydrogen (secondary N) is 1. The number of nitrogens with zero attached hydrogens (tertiary/aromatic N) is 1. The van der Waals surface area contributed by atoms with Gasteiger partial charge in [0.1, 0.15) is 0 Å². The Labute approximate surface area is 155 Å². The number of fused-ring (bicyclic) bond motifs is 1. The molecule has 0 unspecified atom stereocenters. The third-order valence-electron chi connectivity index (χ3n) is 4.09. The molecule has 0 spiro atoms. The molecule has 1 aliphatic heterocycles. The zero-order chi connectivity index (χ0) is 19.8. The maximum Gasteiger partial charge on any atom is 0.276 e. The van der Waals surface area contributed by atoms with Crippen molar-refractivity contribution in [2.75, 3.05) is 19.5 Å². The van der Waals surface area contributed by atoms with Crippen molar-refractivity contribution in [2.45, 2.75) is 4.90 Å². The van der Waals surface area contributed by atoms with E-state index in [1.165, 1.54) is 43.5 Å². The molecular weight excluding hydrogens is 372 g/mol. The average molecular weight is 388 g/mol. The Bertz CT molecular complexity index is 1120. The Morgan fingerprint density at radius 2 is 1.74 bits per heavy atom. The standard InChI is InChI=1S/C18H16N2O6S/c1-20-15(16(21)11-7-3-6-10-14(11)27(20,24)25)18(23)19-12-8-4-5-9-13(26-2)17(12)22/h3-10,21H,1-2H3,(H,19,22,23). The number of carbonyl (C=O) groups excluding carboxylic acids is 1. The summed E-state index contributed by atoms with van der Waals surface area (Å²) in [5.74, 6) is -1.44. The van der Waals surface area contributed by atoms with Gasteiger partial charge in [-0.05, 0) is 24.3 Å². The van der Waals surface area contributed by atoms with E-state index < -0.39 is 32.8 Å². The Kier molecular flexibility index (Phi) is 4.63. The number of ether oxygens (including phenoxy) is 1. The topological polar surface area (TPSA) is 113 Å². The summed E-state index contributed by atoms with van der Waals surface area (Å²) < 4.78 is 31.0. The third kappa shape index (κ3) is 3.02. The molecule has 2 aromatic carbocycles. The minimum atomic E-state index is -4.02. The van der Waals surface area contributed by atoms with Gasteiger partial charge in [0, 0.05) is 12.6 Å². The molecule has 0 saturated heterocycles. The summed E-state index contributed by atoms with van der Waals surface area (Å²) in [4.78, 5) is 25.0. The van der Waals surface area contributed by atoms with Crippen molar-refractivity contribution in [1.82, 2.24) is 4.31 Å². The number of rotatable bonds is 3. The van der Waals surface area contributed by atoms with Crippen LogP contribution in [0.25, 0.3) is 5.76 Å². The highest BCUT2D eigenvalue weighted by molar-refractivity contribution is 7.89. The number of amides is 1. The van der Waals surface area contributed by atoms with Gasteiger partial charge >= 0.3 is 0 Å². The molecule has 2 N–H and O–H groups in total. The lowest BCUT2D eigenvalue weighted by Gasteiger charge is -2.28. The summed E-state index contributed by atoms with van der Waals surface area (Å²) in [5.41, 5.74) is -1.18. The van der Waals surface area contributed by atoms with E-state index in [1.54, 1.807) is 12.1 Å². The van der Waals surface area contributed by atoms with Crippen LogP contribution in [0.15, 0.2) is 63.9 Å². The van der Waals surface area contributed by atoms with Crippen LogP contribution in [-0.4, -0.2) is 37.9 Å². The van der Waals surface area contributed by atoms with Crippen LogP contribution in [-0.2, 0) is 14.8 Å². The molecule has 2 aromatic rings. The van der Waals surface area contributed by atoms with Crippen LogP contribution in [0.4, 0.5) is 5.69 Å². The maximum absolute atomic E-state index is 12.7. The number of methoxy groups -OCH3 is 1. The second kappa shape index (κ2) is 6.76. The zero-order valence-electron chi connectivity index (χ0n) is 14.5. The van der Waals surface area contributed by atoms with E-state index in [9.17, 15) is 23.1 Å². The Morgan fingerprint density at radius 3 is 2.44 bits per heavy atom. The molecule has 0 bridgehead atoms. The van der Waals surface area contributed by atoms with Crippen molar-refractivity contribution in [3.63, 3.8) is 0 Å². The smallest absolute Gasteiger partial charge is 0.276 e. The van der Waals surface area contributed by atoms with Gasteiger partial charge in [-0.25, -0.2) is 8.42 Å². The lowest BCUT2D eigenvalue weighted by atomic mass is 10.1. The zero-order valence-corrected chi connectivity index (χ0v) is 15.3. The molecule has 8 nitrogen and oxygen atoms in total. The van der Waals surface area contributed by atoms with E-state index in [1.807, 2.05) is 0 Å². The van der Waals surface area contributed by atoms with Crippen molar-refractivity contribution in [3.8, 4) is 5.75 Å². The maximum atomic E-state index is 12.7. The number of likely N-dealkylation sites (N-methyl/N-ethyl adjacent to an activating group) is 1. The predicted molar refractivity (Wildman–Crippen MR) is 98.8 cm³/mol. The van der Waals surface area contributed by atoms with Gasteiger partial charge in [0.05, 0.1) is 17.7 Å². The van der Waals surface area contributed by atoms with E-state index in [-0.39, 0.29) is 21.9 Å². The number of benzene rings is 1. The highest BCUT2D eigenvalue weighted by Gasteiger charge is 2.37. The number of carbonyl (C=O) groups is 1. The molecule has 0 radical (unpaired) electrons. The van der Waals surface area contributed by atoms with Crippen molar-refractivity contribution >= 4 is 27.4 Å². The number of aliphatic hydroxyl groups is 1. The van der Waals surface area contributed by atoms with Gasteiger partial charge in [-0.3, -0.25) is 13.9 Å². The molecule has 3 rings (SSSR count). The molecule has 1 aliphatic rings. The van der Waals surface area contributed by atoms with E-state index in [0.29, 0.717) is 4.31 Å². The SMILES string of the molecule is COc1ccccc(NC(=O)C2=C(O)c3ccccc3S(=O)(=O)N2C)c1=O. The molecule has 27 heavy (non-hydrogen) atoms. The molecule has 140 valence electrons. The van der Waals surface area contributed by atoms with Crippen LogP contribution in [0.1, 0.15) is 5.56 Å². The summed E-state index contributed by atoms with van der Waals surface area (Å²) in [6.07, 6.45) is 0. The van der Waals surface area contributed by atoms with Crippen LogP contribution < -0.4 is 15.5 Å². The van der Waals surface area contributed by atoms with Gasteiger partial charge < -0.3 is 15.2 Å². The minimum Gasteiger partial charge on any atom is -0.505 e. The normalized spacial score (nSPS) is 15.1. The number of sulfonamides is 1. The lowest BCUT2D eigenvalue weighted by molar-refractivity contribution is -0.113. The molecular formula is C18H16N2O6S. The van der Waals surface area contributed by atoms with Crippen LogP contribution >= 0.6 is 0 Å². The molecule has 0 aromatic heterocycles. The Balaban J connectivity index is 2.11. The molecule has 0 atom stereocenters. The first-order valence-electron chi connectivity index (χ1n) is 7.79. The van der Waals surface area contributed by atoms with Crippen LogP contribution in [0.5, 0.6) is 5.75 Å². The summed E-state index contributed by atoms with van der Waals surface area (Å²) in [6, 6.07) is 11.7. The van der Waals surface area contributed by atoms with E-state index in [2.05, 4.69) is 5.32 Å². The fraction of sp³-hybridized carbons (Fsp3) is 0.111. The number of anilines is 1. The van der Waals surface area contributed by atoms with Gasteiger partial charge in [0.15, 0.2) is 17.2 Å². The second-order valence-electron chi connectivity index (χ2n) is 5.65. The Hall–Kier alpha value is -3.33. The Morgan fingerprint density at radius 1 is 1.11 bits per heavy atom. The summed E-state index contributed by atoms with van der Waals surface area (Å²) in [5, 5.41) is 12.9. The van der Waals surface area contributed by atoms with Gasteiger partial charge in [-0.2, -0.15) is 0 Å². The van der Waals surface area contributed by atoms with Gasteiger partial charge in [-0.15, -0.1) is 0 Å². The van der Waals surface area contributed by atoms with Crippen LogP contribution in [0.3, 0.4) is 0 Å². The van der Waals surface area contributed by atoms with Crippen molar-refractivity contribution in [1.29, 1.82) is 0 Å². The first-order chi connectivity index (χ1) is 12.8. The average Bonchev–Trinajstić information content (AvgIpc) is 2.82. The second-order valence-corrected chi connectivity index (χ2v) is 7.59. The fourth-order valence-corrected chi connectivity index (χ4v) is 4.10. The molecule has 0 aliphatic carbocycles. The monoisotopic (exact) mass is 388 g/mol. The summed E-state index contributed by atoms with van der Waals surface area (Å²) in [6.45, 7) is 0. The molecule has 0 saturated carbocycles. The molecule has 0 fully saturated rings. The van der Waals surface area contributed by atoms with E-state index >= 15 is 0 Å². The van der Waals surface area contributed by atoms with Gasteiger partial charge in [0.25, 0.3) is 15.9 Å². The predicted octanol–water partition coefficient (Wildman–Crippen LogP) is 1.55. The molecule has 1 amide bonds. The summed E-state index contributed by atoms with van der Waals surface area (Å²) in [7, 11) is -1.56. The largest absolute Gasteiger partial charge is 0.505 e. The first kappa shape index (κ1) is 18.5. The van der Waals surface area contributed by atoms with Crippen LogP contribution in [0.2, 0.25) is 0 Å².